The lowest BCUT2D eigenvalue weighted by molar-refractivity contribution is -0.156. The van der Waals surface area contributed by atoms with Gasteiger partial charge in [0.2, 0.25) is 0 Å². The van der Waals surface area contributed by atoms with Gasteiger partial charge in [-0.1, -0.05) is 20.3 Å². The number of carbonyl (C=O) groups is 2. The largest absolute Gasteiger partial charge is 0.480 e. The summed E-state index contributed by atoms with van der Waals surface area (Å²) in [6, 6.07) is -0.962. The topological polar surface area (TPSA) is 66.8 Å². The van der Waals surface area contributed by atoms with Gasteiger partial charge in [0.05, 0.1) is 6.61 Å². The summed E-state index contributed by atoms with van der Waals surface area (Å²) in [6.07, 6.45) is 3.85. The fourth-order valence-electron chi connectivity index (χ4n) is 2.43. The Bertz CT molecular complexity index is 293. The van der Waals surface area contributed by atoms with Gasteiger partial charge >= 0.3 is 11.9 Å². The molecule has 1 rings (SSSR count). The van der Waals surface area contributed by atoms with Crippen LogP contribution >= 0.6 is 0 Å². The Morgan fingerprint density at radius 3 is 2.67 bits per heavy atom. The van der Waals surface area contributed by atoms with Gasteiger partial charge in [-0.25, -0.2) is 0 Å². The van der Waals surface area contributed by atoms with Crippen molar-refractivity contribution in [3.63, 3.8) is 0 Å². The zero-order valence-electron chi connectivity index (χ0n) is 11.2. The third kappa shape index (κ3) is 3.70. The molecule has 0 amide bonds. The van der Waals surface area contributed by atoms with Crippen LogP contribution in [0.1, 0.15) is 46.0 Å². The summed E-state index contributed by atoms with van der Waals surface area (Å²) in [6.45, 7) is 4.90. The van der Waals surface area contributed by atoms with E-state index in [1.165, 1.54) is 0 Å². The third-order valence-corrected chi connectivity index (χ3v) is 3.34. The Balaban J connectivity index is 2.71. The summed E-state index contributed by atoms with van der Waals surface area (Å²) in [5, 5.41) is 9.22. The van der Waals surface area contributed by atoms with Crippen molar-refractivity contribution in [1.82, 2.24) is 4.90 Å². The smallest absolute Gasteiger partial charge is 0.323 e. The fraction of sp³-hybridized carbons (Fsp3) is 0.846. The monoisotopic (exact) mass is 257 g/mol. The maximum atomic E-state index is 11.9. The summed E-state index contributed by atoms with van der Waals surface area (Å²) in [4.78, 5) is 25.0. The molecule has 0 aromatic heterocycles. The van der Waals surface area contributed by atoms with E-state index in [-0.39, 0.29) is 5.97 Å². The van der Waals surface area contributed by atoms with Crippen LogP contribution in [0.15, 0.2) is 0 Å². The van der Waals surface area contributed by atoms with E-state index < -0.39 is 18.1 Å². The van der Waals surface area contributed by atoms with E-state index in [4.69, 9.17) is 4.74 Å². The number of carboxylic acid groups (broad SMARTS) is 1. The van der Waals surface area contributed by atoms with Gasteiger partial charge < -0.3 is 9.84 Å². The number of rotatable bonds is 6. The molecule has 1 aliphatic heterocycles. The number of nitrogens with zero attached hydrogens (tertiary/aromatic N) is 1. The number of carbonyl (C=O) groups excluding carboxylic acids is 1. The number of ether oxygens (including phenoxy) is 1. The number of piperidine rings is 1. The van der Waals surface area contributed by atoms with Crippen molar-refractivity contribution in [1.29, 1.82) is 0 Å². The molecule has 1 N–H and O–H groups in total. The van der Waals surface area contributed by atoms with Crippen LogP contribution in [0.4, 0.5) is 0 Å². The van der Waals surface area contributed by atoms with Crippen molar-refractivity contribution in [3.8, 4) is 0 Å². The molecule has 1 saturated heterocycles. The average Bonchev–Trinajstić information content (AvgIpc) is 2.37. The predicted molar refractivity (Wildman–Crippen MR) is 67.3 cm³/mol. The Morgan fingerprint density at radius 1 is 1.39 bits per heavy atom. The summed E-state index contributed by atoms with van der Waals surface area (Å²) in [5.74, 6) is -1.12. The molecular weight excluding hydrogens is 234 g/mol. The molecule has 0 aliphatic carbocycles. The van der Waals surface area contributed by atoms with E-state index >= 15 is 0 Å². The molecule has 0 aromatic carbocycles. The van der Waals surface area contributed by atoms with E-state index in [1.54, 1.807) is 4.90 Å². The molecule has 18 heavy (non-hydrogen) atoms. The Labute approximate surface area is 108 Å². The van der Waals surface area contributed by atoms with Crippen molar-refractivity contribution >= 4 is 11.9 Å². The van der Waals surface area contributed by atoms with Crippen molar-refractivity contribution in [2.24, 2.45) is 0 Å². The molecule has 0 bridgehead atoms. The third-order valence-electron chi connectivity index (χ3n) is 3.34. The van der Waals surface area contributed by atoms with Crippen LogP contribution in [0.3, 0.4) is 0 Å². The Morgan fingerprint density at radius 2 is 2.11 bits per heavy atom. The fourth-order valence-corrected chi connectivity index (χ4v) is 2.43. The van der Waals surface area contributed by atoms with Gasteiger partial charge in [-0.2, -0.15) is 0 Å². The molecule has 0 spiro atoms. The predicted octanol–water partition coefficient (Wildman–Crippen LogP) is 1.66. The number of esters is 1. The van der Waals surface area contributed by atoms with Crippen molar-refractivity contribution < 1.29 is 19.4 Å². The normalized spacial score (nSPS) is 22.4. The molecule has 1 fully saturated rings. The maximum absolute atomic E-state index is 11.9. The zero-order valence-corrected chi connectivity index (χ0v) is 11.2. The van der Waals surface area contributed by atoms with Gasteiger partial charge in [0.25, 0.3) is 0 Å². The quantitative estimate of drug-likeness (QED) is 0.733. The molecule has 2 atom stereocenters. The first-order chi connectivity index (χ1) is 8.61. The molecule has 5 nitrogen and oxygen atoms in total. The molecule has 2 unspecified atom stereocenters. The van der Waals surface area contributed by atoms with Gasteiger partial charge in [0.15, 0.2) is 0 Å². The molecule has 1 aliphatic rings. The zero-order chi connectivity index (χ0) is 13.5. The lowest BCUT2D eigenvalue weighted by Gasteiger charge is -2.37. The lowest BCUT2D eigenvalue weighted by Crippen LogP contribution is -2.53. The molecule has 1 heterocycles. The van der Waals surface area contributed by atoms with E-state index in [0.29, 0.717) is 26.0 Å². The van der Waals surface area contributed by atoms with Gasteiger partial charge in [-0.15, -0.1) is 0 Å². The second-order valence-corrected chi connectivity index (χ2v) is 4.68. The van der Waals surface area contributed by atoms with Gasteiger partial charge in [-0.3, -0.25) is 14.5 Å². The highest BCUT2D eigenvalue weighted by molar-refractivity contribution is 5.78. The highest BCUT2D eigenvalue weighted by atomic mass is 16.5. The highest BCUT2D eigenvalue weighted by Gasteiger charge is 2.36. The van der Waals surface area contributed by atoms with E-state index in [0.717, 1.165) is 19.3 Å². The minimum Gasteiger partial charge on any atom is -0.480 e. The maximum Gasteiger partial charge on any atom is 0.323 e. The lowest BCUT2D eigenvalue weighted by atomic mass is 9.99. The summed E-state index contributed by atoms with van der Waals surface area (Å²) in [5.41, 5.74) is 0. The number of aliphatic carboxylic acids is 1. The Kier molecular flexibility index (Phi) is 6.12. The molecule has 104 valence electrons. The van der Waals surface area contributed by atoms with Crippen LogP contribution in [-0.2, 0) is 14.3 Å². The van der Waals surface area contributed by atoms with E-state index in [2.05, 4.69) is 0 Å². The van der Waals surface area contributed by atoms with Crippen molar-refractivity contribution in [2.75, 3.05) is 13.2 Å². The SMILES string of the molecule is CCCOC(=O)C(CC)N1CCCCC1C(=O)O. The number of hydrogen-bond acceptors (Lipinski definition) is 4. The average molecular weight is 257 g/mol. The molecule has 5 heteroatoms. The summed E-state index contributed by atoms with van der Waals surface area (Å²) < 4.78 is 5.15. The first kappa shape index (κ1) is 15.0. The van der Waals surface area contributed by atoms with Crippen LogP contribution in [-0.4, -0.2) is 47.2 Å². The number of hydrogen-bond donors (Lipinski definition) is 1. The molecule has 0 radical (unpaired) electrons. The number of carboxylic acids is 1. The second kappa shape index (κ2) is 7.36. The van der Waals surface area contributed by atoms with E-state index in [1.807, 2.05) is 13.8 Å². The molecular formula is C13H23NO4. The second-order valence-electron chi connectivity index (χ2n) is 4.68. The van der Waals surface area contributed by atoms with Crippen molar-refractivity contribution in [3.05, 3.63) is 0 Å². The standard InChI is InChI=1S/C13H23NO4/c1-3-9-18-13(17)10(4-2)14-8-6-5-7-11(14)12(15)16/h10-11H,3-9H2,1-2H3,(H,15,16). The van der Waals surface area contributed by atoms with Crippen LogP contribution in [0.5, 0.6) is 0 Å². The van der Waals surface area contributed by atoms with Crippen LogP contribution in [0, 0.1) is 0 Å². The van der Waals surface area contributed by atoms with Gasteiger partial charge in [0, 0.05) is 0 Å². The molecule has 0 saturated carbocycles. The van der Waals surface area contributed by atoms with Gasteiger partial charge in [-0.05, 0) is 32.2 Å². The van der Waals surface area contributed by atoms with Crippen LogP contribution < -0.4 is 0 Å². The first-order valence-electron chi connectivity index (χ1n) is 6.77. The minimum atomic E-state index is -0.837. The summed E-state index contributed by atoms with van der Waals surface area (Å²) >= 11 is 0. The van der Waals surface area contributed by atoms with Crippen LogP contribution in [0.25, 0.3) is 0 Å². The molecule has 0 aromatic rings. The van der Waals surface area contributed by atoms with Gasteiger partial charge in [0.1, 0.15) is 12.1 Å². The Hall–Kier alpha value is -1.10. The summed E-state index contributed by atoms with van der Waals surface area (Å²) in [7, 11) is 0. The van der Waals surface area contributed by atoms with Crippen LogP contribution in [0.2, 0.25) is 0 Å². The van der Waals surface area contributed by atoms with Crippen molar-refractivity contribution in [2.45, 2.75) is 58.0 Å². The first-order valence-corrected chi connectivity index (χ1v) is 6.77. The highest BCUT2D eigenvalue weighted by Crippen LogP contribution is 2.22. The van der Waals surface area contributed by atoms with E-state index in [9.17, 15) is 14.7 Å². The number of likely N-dealkylation sites (tertiary alicyclic amines) is 1. The minimum absolute atomic E-state index is 0.285.